The molecule has 2 aromatic rings. The van der Waals surface area contributed by atoms with Gasteiger partial charge in [0.15, 0.2) is 5.69 Å². The van der Waals surface area contributed by atoms with Crippen LogP contribution in [0.25, 0.3) is 11.0 Å². The minimum absolute atomic E-state index is 0.226. The van der Waals surface area contributed by atoms with Crippen molar-refractivity contribution < 1.29 is 4.79 Å². The van der Waals surface area contributed by atoms with Crippen LogP contribution >= 0.6 is 0 Å². The van der Waals surface area contributed by atoms with E-state index in [0.717, 1.165) is 0 Å². The monoisotopic (exact) mass is 203 g/mol. The van der Waals surface area contributed by atoms with Crippen molar-refractivity contribution in [1.29, 1.82) is 0 Å². The summed E-state index contributed by atoms with van der Waals surface area (Å²) < 4.78 is 1.36. The van der Waals surface area contributed by atoms with Gasteiger partial charge in [-0.3, -0.25) is 9.59 Å². The van der Waals surface area contributed by atoms with Gasteiger partial charge in [0.2, 0.25) is 0 Å². The van der Waals surface area contributed by atoms with Crippen molar-refractivity contribution in [3.63, 3.8) is 0 Å². The number of nitrogens with zero attached hydrogens (tertiary/aromatic N) is 2. The van der Waals surface area contributed by atoms with E-state index < -0.39 is 11.5 Å². The smallest absolute Gasteiger partial charge is 0.282 e. The van der Waals surface area contributed by atoms with Crippen LogP contribution in [0.3, 0.4) is 0 Å². The van der Waals surface area contributed by atoms with Crippen LogP contribution < -0.4 is 11.3 Å². The van der Waals surface area contributed by atoms with Gasteiger partial charge in [-0.25, -0.2) is 4.98 Å². The molecule has 2 rings (SSSR count). The van der Waals surface area contributed by atoms with Crippen LogP contribution in [0.5, 0.6) is 0 Å². The Hall–Kier alpha value is -2.17. The van der Waals surface area contributed by atoms with E-state index in [-0.39, 0.29) is 5.69 Å². The van der Waals surface area contributed by atoms with E-state index in [4.69, 9.17) is 5.73 Å². The maximum absolute atomic E-state index is 11.6. The molecule has 0 aliphatic carbocycles. The van der Waals surface area contributed by atoms with Crippen molar-refractivity contribution in [1.82, 2.24) is 9.55 Å². The molecule has 0 saturated heterocycles. The van der Waals surface area contributed by atoms with Gasteiger partial charge in [0.1, 0.15) is 0 Å². The van der Waals surface area contributed by atoms with Crippen LogP contribution in [-0.2, 0) is 7.05 Å². The largest absolute Gasteiger partial charge is 0.364 e. The molecule has 1 heterocycles. The fourth-order valence-corrected chi connectivity index (χ4v) is 1.44. The summed E-state index contributed by atoms with van der Waals surface area (Å²) in [5, 5.41) is 0. The van der Waals surface area contributed by atoms with E-state index >= 15 is 0 Å². The molecule has 0 bridgehead atoms. The molecule has 2 N–H and O–H groups in total. The third-order valence-corrected chi connectivity index (χ3v) is 2.22. The molecule has 0 radical (unpaired) electrons. The summed E-state index contributed by atoms with van der Waals surface area (Å²) in [6.07, 6.45) is 0. The van der Waals surface area contributed by atoms with Crippen molar-refractivity contribution in [3.8, 4) is 0 Å². The lowest BCUT2D eigenvalue weighted by atomic mass is 10.3. The van der Waals surface area contributed by atoms with Crippen molar-refractivity contribution >= 4 is 16.9 Å². The number of benzene rings is 1. The molecule has 5 nitrogen and oxygen atoms in total. The third kappa shape index (κ3) is 1.38. The summed E-state index contributed by atoms with van der Waals surface area (Å²) >= 11 is 0. The molecule has 1 aromatic heterocycles. The Labute approximate surface area is 85.2 Å². The van der Waals surface area contributed by atoms with E-state index in [9.17, 15) is 9.59 Å². The second-order valence-electron chi connectivity index (χ2n) is 3.18. The van der Waals surface area contributed by atoms with Crippen molar-refractivity contribution in [3.05, 3.63) is 40.3 Å². The maximum Gasteiger partial charge on any atom is 0.282 e. The van der Waals surface area contributed by atoms with Crippen molar-refractivity contribution in [2.24, 2.45) is 12.8 Å². The van der Waals surface area contributed by atoms with E-state index in [2.05, 4.69) is 4.98 Å². The zero-order valence-electron chi connectivity index (χ0n) is 8.10. The first kappa shape index (κ1) is 9.39. The molecule has 0 spiro atoms. The number of para-hydroxylation sites is 2. The quantitative estimate of drug-likeness (QED) is 0.710. The minimum Gasteiger partial charge on any atom is -0.364 e. The van der Waals surface area contributed by atoms with Gasteiger partial charge in [-0.2, -0.15) is 0 Å². The number of hydrogen-bond donors (Lipinski definition) is 1. The second-order valence-corrected chi connectivity index (χ2v) is 3.18. The number of amides is 1. The Morgan fingerprint density at radius 3 is 2.73 bits per heavy atom. The zero-order valence-corrected chi connectivity index (χ0v) is 8.10. The van der Waals surface area contributed by atoms with Gasteiger partial charge in [-0.15, -0.1) is 0 Å². The van der Waals surface area contributed by atoms with E-state index in [1.165, 1.54) is 4.57 Å². The average Bonchev–Trinajstić information content (AvgIpc) is 2.23. The lowest BCUT2D eigenvalue weighted by Crippen LogP contribution is -2.30. The highest BCUT2D eigenvalue weighted by Crippen LogP contribution is 2.07. The first-order valence-corrected chi connectivity index (χ1v) is 4.37. The molecule has 0 aliphatic rings. The number of carbonyl (C=O) groups excluding carboxylic acids is 1. The van der Waals surface area contributed by atoms with Gasteiger partial charge < -0.3 is 10.3 Å². The fourth-order valence-electron chi connectivity index (χ4n) is 1.44. The number of nitrogens with two attached hydrogens (primary N) is 1. The lowest BCUT2D eigenvalue weighted by Gasteiger charge is -2.04. The molecule has 1 amide bonds. The Bertz CT molecular complexity index is 601. The molecule has 0 aliphatic heterocycles. The first-order chi connectivity index (χ1) is 7.11. The highest BCUT2D eigenvalue weighted by Gasteiger charge is 2.12. The lowest BCUT2D eigenvalue weighted by molar-refractivity contribution is 0.0994. The van der Waals surface area contributed by atoms with Crippen LogP contribution in [0.4, 0.5) is 0 Å². The predicted molar refractivity (Wildman–Crippen MR) is 55.5 cm³/mol. The maximum atomic E-state index is 11.6. The molecule has 5 heteroatoms. The Morgan fingerprint density at radius 1 is 1.40 bits per heavy atom. The normalized spacial score (nSPS) is 10.5. The SMILES string of the molecule is Cn1c(=O)c(C(N)=O)nc2ccccc21. The highest BCUT2D eigenvalue weighted by atomic mass is 16.2. The van der Waals surface area contributed by atoms with E-state index in [1.807, 2.05) is 0 Å². The predicted octanol–water partition coefficient (Wildman–Crippen LogP) is 0.0324. The summed E-state index contributed by atoms with van der Waals surface area (Å²) in [7, 11) is 1.58. The van der Waals surface area contributed by atoms with Gasteiger partial charge in [-0.1, -0.05) is 12.1 Å². The molecule has 0 unspecified atom stereocenters. The molecule has 15 heavy (non-hydrogen) atoms. The van der Waals surface area contributed by atoms with Gasteiger partial charge in [-0.05, 0) is 12.1 Å². The Kier molecular flexibility index (Phi) is 2.00. The Balaban J connectivity index is 2.95. The summed E-state index contributed by atoms with van der Waals surface area (Å²) in [6, 6.07) is 7.06. The molecular weight excluding hydrogens is 194 g/mol. The van der Waals surface area contributed by atoms with Crippen LogP contribution in [-0.4, -0.2) is 15.5 Å². The van der Waals surface area contributed by atoms with Crippen LogP contribution in [0.1, 0.15) is 10.5 Å². The van der Waals surface area contributed by atoms with Crippen LogP contribution in [0.15, 0.2) is 29.1 Å². The number of primary amides is 1. The van der Waals surface area contributed by atoms with Crippen molar-refractivity contribution in [2.45, 2.75) is 0 Å². The number of carbonyl (C=O) groups is 1. The molecule has 1 aromatic carbocycles. The van der Waals surface area contributed by atoms with E-state index in [1.54, 1.807) is 31.3 Å². The van der Waals surface area contributed by atoms with E-state index in [0.29, 0.717) is 11.0 Å². The Morgan fingerprint density at radius 2 is 2.07 bits per heavy atom. The summed E-state index contributed by atoms with van der Waals surface area (Å²) in [4.78, 5) is 26.5. The molecule has 0 atom stereocenters. The average molecular weight is 203 g/mol. The molecule has 0 fully saturated rings. The van der Waals surface area contributed by atoms with Gasteiger partial charge in [0, 0.05) is 7.05 Å². The zero-order chi connectivity index (χ0) is 11.0. The highest BCUT2D eigenvalue weighted by molar-refractivity contribution is 5.92. The van der Waals surface area contributed by atoms with Gasteiger partial charge >= 0.3 is 0 Å². The minimum atomic E-state index is -0.804. The summed E-state index contributed by atoms with van der Waals surface area (Å²) in [5.74, 6) is -0.804. The van der Waals surface area contributed by atoms with Crippen molar-refractivity contribution in [2.75, 3.05) is 0 Å². The topological polar surface area (TPSA) is 78.0 Å². The van der Waals surface area contributed by atoms with Crippen LogP contribution in [0.2, 0.25) is 0 Å². The number of hydrogen-bond acceptors (Lipinski definition) is 3. The number of fused-ring (bicyclic) bond motifs is 1. The number of aromatic nitrogens is 2. The molecule has 0 saturated carbocycles. The fraction of sp³-hybridized carbons (Fsp3) is 0.100. The number of rotatable bonds is 1. The standard InChI is InChI=1S/C10H9N3O2/c1-13-7-5-3-2-4-6(7)12-8(9(11)14)10(13)15/h2-5H,1H3,(H2,11,14). The summed E-state index contributed by atoms with van der Waals surface area (Å²) in [5.41, 5.74) is 5.61. The third-order valence-electron chi connectivity index (χ3n) is 2.22. The van der Waals surface area contributed by atoms with Gasteiger partial charge in [0.05, 0.1) is 11.0 Å². The second kappa shape index (κ2) is 3.20. The first-order valence-electron chi connectivity index (χ1n) is 4.37. The van der Waals surface area contributed by atoms with Crippen LogP contribution in [0, 0.1) is 0 Å². The molecule has 76 valence electrons. The number of aryl methyl sites for hydroxylation is 1. The molecular formula is C10H9N3O2. The summed E-state index contributed by atoms with van der Waals surface area (Å²) in [6.45, 7) is 0. The van der Waals surface area contributed by atoms with Gasteiger partial charge in [0.25, 0.3) is 11.5 Å².